The largest absolute Gasteiger partial charge is 0.357 e. The highest BCUT2D eigenvalue weighted by Crippen LogP contribution is 2.37. The Morgan fingerprint density at radius 2 is 2.00 bits per heavy atom. The Balaban J connectivity index is 2.15. The van der Waals surface area contributed by atoms with Gasteiger partial charge in [0, 0.05) is 4.47 Å². The van der Waals surface area contributed by atoms with Gasteiger partial charge in [0.2, 0.25) is 0 Å². The Kier molecular flexibility index (Phi) is 1.98. The van der Waals surface area contributed by atoms with Crippen LogP contribution in [0.25, 0.3) is 0 Å². The van der Waals surface area contributed by atoms with E-state index in [1.807, 2.05) is 24.3 Å². The fourth-order valence-corrected chi connectivity index (χ4v) is 1.41. The first kappa shape index (κ1) is 7.95. The van der Waals surface area contributed by atoms with Gasteiger partial charge >= 0.3 is 0 Å². The van der Waals surface area contributed by atoms with Crippen LogP contribution in [0.1, 0.15) is 11.7 Å². The smallest absolute Gasteiger partial charge is 0.151 e. The topological polar surface area (TPSA) is 29.6 Å². The van der Waals surface area contributed by atoms with Crippen molar-refractivity contribution in [2.45, 2.75) is 12.2 Å². The first-order chi connectivity index (χ1) is 5.81. The molecule has 1 aromatic carbocycles. The molecule has 1 aromatic rings. The standard InChI is InChI=1S/C9H7BrO2/c10-7-3-1-6(2-4-7)9-8(5-11)12-9/h1-5,8-9H. The Bertz CT molecular complexity index is 294. The third kappa shape index (κ3) is 1.42. The molecule has 62 valence electrons. The number of carbonyl (C=O) groups excluding carboxylic acids is 1. The van der Waals surface area contributed by atoms with Gasteiger partial charge in [-0.2, -0.15) is 0 Å². The number of aldehydes is 1. The van der Waals surface area contributed by atoms with E-state index in [0.717, 1.165) is 16.3 Å². The van der Waals surface area contributed by atoms with Crippen molar-refractivity contribution >= 4 is 22.2 Å². The highest BCUT2D eigenvalue weighted by Gasteiger charge is 2.39. The summed E-state index contributed by atoms with van der Waals surface area (Å²) in [5, 5.41) is 0. The van der Waals surface area contributed by atoms with Crippen LogP contribution in [0.5, 0.6) is 0 Å². The third-order valence-corrected chi connectivity index (χ3v) is 2.39. The molecule has 2 nitrogen and oxygen atoms in total. The number of benzene rings is 1. The number of hydrogen-bond donors (Lipinski definition) is 0. The molecule has 0 aromatic heterocycles. The summed E-state index contributed by atoms with van der Waals surface area (Å²) in [6.45, 7) is 0. The van der Waals surface area contributed by atoms with Gasteiger partial charge in [0.1, 0.15) is 12.2 Å². The third-order valence-electron chi connectivity index (χ3n) is 1.86. The Labute approximate surface area is 78.7 Å². The molecular weight excluding hydrogens is 220 g/mol. The summed E-state index contributed by atoms with van der Waals surface area (Å²) in [6.07, 6.45) is 0.619. The maximum Gasteiger partial charge on any atom is 0.151 e. The van der Waals surface area contributed by atoms with Gasteiger partial charge in [-0.3, -0.25) is 0 Å². The fourth-order valence-electron chi connectivity index (χ4n) is 1.15. The minimum Gasteiger partial charge on any atom is -0.357 e. The monoisotopic (exact) mass is 226 g/mol. The second-order valence-electron chi connectivity index (χ2n) is 2.71. The van der Waals surface area contributed by atoms with Gasteiger partial charge in [0.15, 0.2) is 6.29 Å². The van der Waals surface area contributed by atoms with Crippen LogP contribution < -0.4 is 0 Å². The van der Waals surface area contributed by atoms with Crippen molar-refractivity contribution in [3.8, 4) is 0 Å². The summed E-state index contributed by atoms with van der Waals surface area (Å²) in [5.74, 6) is 0. The second kappa shape index (κ2) is 2.99. The number of hydrogen-bond acceptors (Lipinski definition) is 2. The Morgan fingerprint density at radius 3 is 2.50 bits per heavy atom. The van der Waals surface area contributed by atoms with Gasteiger partial charge < -0.3 is 9.53 Å². The number of carbonyl (C=O) groups is 1. The van der Waals surface area contributed by atoms with Crippen molar-refractivity contribution in [3.63, 3.8) is 0 Å². The molecule has 2 rings (SSSR count). The molecule has 2 unspecified atom stereocenters. The molecule has 2 atom stereocenters. The quantitative estimate of drug-likeness (QED) is 0.571. The van der Waals surface area contributed by atoms with Crippen LogP contribution in [0.4, 0.5) is 0 Å². The first-order valence-electron chi connectivity index (χ1n) is 3.67. The van der Waals surface area contributed by atoms with E-state index in [9.17, 15) is 4.79 Å². The molecule has 3 heteroatoms. The molecule has 12 heavy (non-hydrogen) atoms. The molecule has 1 aliphatic rings. The lowest BCUT2D eigenvalue weighted by molar-refractivity contribution is -0.108. The molecule has 0 N–H and O–H groups in total. The minimum absolute atomic E-state index is 0.00407. The summed E-state index contributed by atoms with van der Waals surface area (Å²) in [6, 6.07) is 7.80. The van der Waals surface area contributed by atoms with Gasteiger partial charge in [0.25, 0.3) is 0 Å². The SMILES string of the molecule is O=CC1OC1c1ccc(Br)cc1. The zero-order valence-electron chi connectivity index (χ0n) is 6.24. The minimum atomic E-state index is -0.217. The highest BCUT2D eigenvalue weighted by molar-refractivity contribution is 9.10. The van der Waals surface area contributed by atoms with E-state index >= 15 is 0 Å². The van der Waals surface area contributed by atoms with Crippen molar-refractivity contribution in [1.29, 1.82) is 0 Å². The Morgan fingerprint density at radius 1 is 1.33 bits per heavy atom. The zero-order chi connectivity index (χ0) is 8.55. The van der Waals surface area contributed by atoms with Gasteiger partial charge in [-0.05, 0) is 17.7 Å². The van der Waals surface area contributed by atoms with E-state index in [-0.39, 0.29) is 12.2 Å². The average molecular weight is 227 g/mol. The molecule has 0 bridgehead atoms. The normalized spacial score (nSPS) is 26.8. The van der Waals surface area contributed by atoms with Crippen molar-refractivity contribution in [3.05, 3.63) is 34.3 Å². The molecule has 0 saturated carbocycles. The van der Waals surface area contributed by atoms with Crippen molar-refractivity contribution in [1.82, 2.24) is 0 Å². The molecule has 1 aliphatic heterocycles. The van der Waals surface area contributed by atoms with E-state index in [2.05, 4.69) is 15.9 Å². The molecule has 0 aliphatic carbocycles. The summed E-state index contributed by atoms with van der Waals surface area (Å²) in [4.78, 5) is 10.3. The van der Waals surface area contributed by atoms with Crippen LogP contribution in [0.15, 0.2) is 28.7 Å². The number of epoxide rings is 1. The second-order valence-corrected chi connectivity index (χ2v) is 3.62. The summed E-state index contributed by atoms with van der Waals surface area (Å²) in [7, 11) is 0. The lowest BCUT2D eigenvalue weighted by Gasteiger charge is -1.93. The van der Waals surface area contributed by atoms with Crippen molar-refractivity contribution in [2.24, 2.45) is 0 Å². The van der Waals surface area contributed by atoms with Crippen LogP contribution >= 0.6 is 15.9 Å². The predicted octanol–water partition coefficient (Wildman–Crippen LogP) is 2.09. The highest BCUT2D eigenvalue weighted by atomic mass is 79.9. The average Bonchev–Trinajstić information content (AvgIpc) is 2.85. The summed E-state index contributed by atoms with van der Waals surface area (Å²) < 4.78 is 6.15. The van der Waals surface area contributed by atoms with E-state index in [4.69, 9.17) is 4.74 Å². The summed E-state index contributed by atoms with van der Waals surface area (Å²) in [5.41, 5.74) is 1.07. The predicted molar refractivity (Wildman–Crippen MR) is 47.8 cm³/mol. The first-order valence-corrected chi connectivity index (χ1v) is 4.47. The van der Waals surface area contributed by atoms with Gasteiger partial charge in [-0.15, -0.1) is 0 Å². The lowest BCUT2D eigenvalue weighted by Crippen LogP contribution is -1.88. The number of rotatable bonds is 2. The number of ether oxygens (including phenoxy) is 1. The fraction of sp³-hybridized carbons (Fsp3) is 0.222. The molecule has 1 fully saturated rings. The molecule has 0 amide bonds. The zero-order valence-corrected chi connectivity index (χ0v) is 7.82. The van der Waals surface area contributed by atoms with E-state index in [0.29, 0.717) is 0 Å². The molecule has 1 saturated heterocycles. The van der Waals surface area contributed by atoms with Gasteiger partial charge in [0.05, 0.1) is 0 Å². The lowest BCUT2D eigenvalue weighted by atomic mass is 10.1. The summed E-state index contributed by atoms with van der Waals surface area (Å²) >= 11 is 3.34. The van der Waals surface area contributed by atoms with E-state index in [1.165, 1.54) is 0 Å². The van der Waals surface area contributed by atoms with Crippen LogP contribution in [0.2, 0.25) is 0 Å². The molecule has 0 spiro atoms. The maximum atomic E-state index is 10.3. The van der Waals surface area contributed by atoms with Crippen molar-refractivity contribution < 1.29 is 9.53 Å². The van der Waals surface area contributed by atoms with Gasteiger partial charge in [-0.25, -0.2) is 0 Å². The molecule has 0 radical (unpaired) electrons. The molecular formula is C9H7BrO2. The van der Waals surface area contributed by atoms with Crippen LogP contribution in [0, 0.1) is 0 Å². The maximum absolute atomic E-state index is 10.3. The van der Waals surface area contributed by atoms with Crippen molar-refractivity contribution in [2.75, 3.05) is 0 Å². The number of halogens is 1. The molecule has 1 heterocycles. The van der Waals surface area contributed by atoms with Crippen LogP contribution in [-0.2, 0) is 9.53 Å². The van der Waals surface area contributed by atoms with E-state index < -0.39 is 0 Å². The van der Waals surface area contributed by atoms with Crippen LogP contribution in [0.3, 0.4) is 0 Å². The Hall–Kier alpha value is -0.670. The van der Waals surface area contributed by atoms with E-state index in [1.54, 1.807) is 0 Å². The van der Waals surface area contributed by atoms with Gasteiger partial charge in [-0.1, -0.05) is 28.1 Å². The van der Waals surface area contributed by atoms with Crippen LogP contribution in [-0.4, -0.2) is 12.4 Å².